The first-order valence-electron chi connectivity index (χ1n) is 7.19. The van der Waals surface area contributed by atoms with Crippen molar-refractivity contribution in [3.8, 4) is 0 Å². The van der Waals surface area contributed by atoms with E-state index in [1.165, 1.54) is 0 Å². The number of ketones is 1. The minimum atomic E-state index is -3.61. The van der Waals surface area contributed by atoms with Gasteiger partial charge in [0.1, 0.15) is 0 Å². The Kier molecular flexibility index (Phi) is 3.74. The van der Waals surface area contributed by atoms with Crippen LogP contribution in [-0.2, 0) is 10.0 Å². The standard InChI is InChI=1S/C17H17NO3S/c1-12-3-2-4-16(11-12)22(20,21)18-15-9-7-14(8-10-15)17(19)13-5-6-13/h2-4,7-11,13,18H,5-6H2,1H3. The van der Waals surface area contributed by atoms with Crippen LogP contribution in [0.2, 0.25) is 0 Å². The molecule has 22 heavy (non-hydrogen) atoms. The number of sulfonamides is 1. The van der Waals surface area contributed by atoms with Gasteiger partial charge in [-0.1, -0.05) is 12.1 Å². The van der Waals surface area contributed by atoms with Crippen molar-refractivity contribution in [2.45, 2.75) is 24.7 Å². The summed E-state index contributed by atoms with van der Waals surface area (Å²) in [5.41, 5.74) is 1.98. The van der Waals surface area contributed by atoms with E-state index in [1.807, 2.05) is 13.0 Å². The van der Waals surface area contributed by atoms with Crippen LogP contribution in [0.15, 0.2) is 53.4 Å². The maximum Gasteiger partial charge on any atom is 0.261 e. The molecule has 0 unspecified atom stereocenters. The highest BCUT2D eigenvalue weighted by molar-refractivity contribution is 7.92. The van der Waals surface area contributed by atoms with Gasteiger partial charge in [0.05, 0.1) is 4.90 Å². The van der Waals surface area contributed by atoms with Crippen LogP contribution in [-0.4, -0.2) is 14.2 Å². The monoisotopic (exact) mass is 315 g/mol. The van der Waals surface area contributed by atoms with Gasteiger partial charge in [0.15, 0.2) is 5.78 Å². The van der Waals surface area contributed by atoms with E-state index in [0.717, 1.165) is 18.4 Å². The molecule has 0 atom stereocenters. The van der Waals surface area contributed by atoms with Crippen molar-refractivity contribution in [3.63, 3.8) is 0 Å². The molecular weight excluding hydrogens is 298 g/mol. The minimum Gasteiger partial charge on any atom is -0.294 e. The van der Waals surface area contributed by atoms with Crippen molar-refractivity contribution in [1.82, 2.24) is 0 Å². The quantitative estimate of drug-likeness (QED) is 0.860. The Morgan fingerprint density at radius 2 is 1.77 bits per heavy atom. The van der Waals surface area contributed by atoms with Crippen LogP contribution in [0.1, 0.15) is 28.8 Å². The van der Waals surface area contributed by atoms with E-state index < -0.39 is 10.0 Å². The number of carbonyl (C=O) groups is 1. The number of benzene rings is 2. The fourth-order valence-corrected chi connectivity index (χ4v) is 3.44. The molecule has 3 rings (SSSR count). The number of aryl methyl sites for hydroxylation is 1. The summed E-state index contributed by atoms with van der Waals surface area (Å²) in [6.45, 7) is 1.84. The van der Waals surface area contributed by atoms with E-state index in [1.54, 1.807) is 42.5 Å². The van der Waals surface area contributed by atoms with Crippen LogP contribution in [0.4, 0.5) is 5.69 Å². The van der Waals surface area contributed by atoms with Gasteiger partial charge in [-0.05, 0) is 61.7 Å². The molecule has 4 nitrogen and oxygen atoms in total. The fraction of sp³-hybridized carbons (Fsp3) is 0.235. The van der Waals surface area contributed by atoms with Crippen LogP contribution in [0, 0.1) is 12.8 Å². The molecule has 0 spiro atoms. The van der Waals surface area contributed by atoms with Crippen molar-refractivity contribution in [3.05, 3.63) is 59.7 Å². The number of hydrogen-bond acceptors (Lipinski definition) is 3. The van der Waals surface area contributed by atoms with Gasteiger partial charge in [0.25, 0.3) is 10.0 Å². The van der Waals surface area contributed by atoms with Crippen LogP contribution in [0.25, 0.3) is 0 Å². The predicted molar refractivity (Wildman–Crippen MR) is 85.5 cm³/mol. The second kappa shape index (κ2) is 5.57. The van der Waals surface area contributed by atoms with Crippen molar-refractivity contribution in [2.75, 3.05) is 4.72 Å². The van der Waals surface area contributed by atoms with E-state index in [-0.39, 0.29) is 16.6 Å². The molecule has 2 aromatic carbocycles. The van der Waals surface area contributed by atoms with Gasteiger partial charge < -0.3 is 0 Å². The van der Waals surface area contributed by atoms with Crippen molar-refractivity contribution >= 4 is 21.5 Å². The molecule has 0 bridgehead atoms. The van der Waals surface area contributed by atoms with Crippen LogP contribution < -0.4 is 4.72 Å². The lowest BCUT2D eigenvalue weighted by Crippen LogP contribution is -2.13. The first-order chi connectivity index (χ1) is 10.5. The third-order valence-corrected chi connectivity index (χ3v) is 5.05. The third kappa shape index (κ3) is 3.20. The molecule has 1 N–H and O–H groups in total. The van der Waals surface area contributed by atoms with Gasteiger partial charge in [-0.15, -0.1) is 0 Å². The maximum atomic E-state index is 12.3. The highest BCUT2D eigenvalue weighted by Gasteiger charge is 2.30. The van der Waals surface area contributed by atoms with Gasteiger partial charge in [0, 0.05) is 17.2 Å². The van der Waals surface area contributed by atoms with Crippen LogP contribution in [0.3, 0.4) is 0 Å². The minimum absolute atomic E-state index is 0.146. The summed E-state index contributed by atoms with van der Waals surface area (Å²) < 4.78 is 27.2. The molecular formula is C17H17NO3S. The topological polar surface area (TPSA) is 63.2 Å². The van der Waals surface area contributed by atoms with Gasteiger partial charge in [-0.3, -0.25) is 9.52 Å². The van der Waals surface area contributed by atoms with E-state index in [2.05, 4.69) is 4.72 Å². The van der Waals surface area contributed by atoms with Gasteiger partial charge in [-0.25, -0.2) is 8.42 Å². The van der Waals surface area contributed by atoms with Crippen molar-refractivity contribution in [1.29, 1.82) is 0 Å². The lowest BCUT2D eigenvalue weighted by Gasteiger charge is -2.09. The Morgan fingerprint density at radius 3 is 2.36 bits per heavy atom. The second-order valence-corrected chi connectivity index (χ2v) is 7.32. The smallest absolute Gasteiger partial charge is 0.261 e. The molecule has 1 saturated carbocycles. The number of carbonyl (C=O) groups excluding carboxylic acids is 1. The van der Waals surface area contributed by atoms with E-state index in [4.69, 9.17) is 0 Å². The molecule has 1 fully saturated rings. The largest absolute Gasteiger partial charge is 0.294 e. The Hall–Kier alpha value is -2.14. The SMILES string of the molecule is Cc1cccc(S(=O)(=O)Nc2ccc(C(=O)C3CC3)cc2)c1. The predicted octanol–water partition coefficient (Wildman–Crippen LogP) is 3.39. The first kappa shape index (κ1) is 14.8. The first-order valence-corrected chi connectivity index (χ1v) is 8.68. The Balaban J connectivity index is 1.79. The molecule has 2 aromatic rings. The Bertz CT molecular complexity index is 806. The number of Topliss-reactive ketones (excluding diaryl/α,β-unsaturated/α-hetero) is 1. The lowest BCUT2D eigenvalue weighted by molar-refractivity contribution is 0.0967. The average molecular weight is 315 g/mol. The summed E-state index contributed by atoms with van der Waals surface area (Å²) in [7, 11) is -3.61. The summed E-state index contributed by atoms with van der Waals surface area (Å²) in [6.07, 6.45) is 1.92. The van der Waals surface area contributed by atoms with E-state index in [9.17, 15) is 13.2 Å². The fourth-order valence-electron chi connectivity index (χ4n) is 2.28. The third-order valence-electron chi connectivity index (χ3n) is 3.67. The van der Waals surface area contributed by atoms with Crippen molar-refractivity contribution < 1.29 is 13.2 Å². The van der Waals surface area contributed by atoms with E-state index in [0.29, 0.717) is 11.3 Å². The van der Waals surface area contributed by atoms with Crippen LogP contribution >= 0.6 is 0 Å². The Morgan fingerprint density at radius 1 is 1.09 bits per heavy atom. The molecule has 0 aliphatic heterocycles. The van der Waals surface area contributed by atoms with Gasteiger partial charge >= 0.3 is 0 Å². The average Bonchev–Trinajstić information content (AvgIpc) is 3.32. The highest BCUT2D eigenvalue weighted by Crippen LogP contribution is 2.32. The van der Waals surface area contributed by atoms with Crippen molar-refractivity contribution in [2.24, 2.45) is 5.92 Å². The normalized spacial score (nSPS) is 14.6. The molecule has 0 amide bonds. The molecule has 1 aliphatic rings. The molecule has 0 radical (unpaired) electrons. The molecule has 114 valence electrons. The maximum absolute atomic E-state index is 12.3. The van der Waals surface area contributed by atoms with Gasteiger partial charge in [0.2, 0.25) is 0 Å². The molecule has 0 aromatic heterocycles. The summed E-state index contributed by atoms with van der Waals surface area (Å²) in [5, 5.41) is 0. The lowest BCUT2D eigenvalue weighted by atomic mass is 10.1. The second-order valence-electron chi connectivity index (χ2n) is 5.64. The van der Waals surface area contributed by atoms with Gasteiger partial charge in [-0.2, -0.15) is 0 Å². The molecule has 0 heterocycles. The highest BCUT2D eigenvalue weighted by atomic mass is 32.2. The summed E-state index contributed by atoms with van der Waals surface area (Å²) >= 11 is 0. The molecule has 0 saturated heterocycles. The summed E-state index contributed by atoms with van der Waals surface area (Å²) in [4.78, 5) is 12.2. The Labute approximate surface area is 130 Å². The summed E-state index contributed by atoms with van der Waals surface area (Å²) in [5.74, 6) is 0.308. The summed E-state index contributed by atoms with van der Waals surface area (Å²) in [6, 6.07) is 13.3. The number of anilines is 1. The van der Waals surface area contributed by atoms with Crippen LogP contribution in [0.5, 0.6) is 0 Å². The zero-order valence-corrected chi connectivity index (χ0v) is 13.1. The number of nitrogens with one attached hydrogen (secondary N) is 1. The number of hydrogen-bond donors (Lipinski definition) is 1. The van der Waals surface area contributed by atoms with E-state index >= 15 is 0 Å². The molecule has 5 heteroatoms. The zero-order chi connectivity index (χ0) is 15.7. The number of rotatable bonds is 5. The molecule has 1 aliphatic carbocycles. The zero-order valence-electron chi connectivity index (χ0n) is 12.2.